The van der Waals surface area contributed by atoms with Crippen LogP contribution in [0.3, 0.4) is 0 Å². The van der Waals surface area contributed by atoms with Gasteiger partial charge in [-0.3, -0.25) is 0 Å². The highest BCUT2D eigenvalue weighted by Crippen LogP contribution is 2.47. The van der Waals surface area contributed by atoms with E-state index in [1.165, 1.54) is 148 Å². The molecule has 0 spiro atoms. The minimum Gasteiger partial charge on any atom is -0.0622 e. The molecule has 76 heavy (non-hydrogen) atoms. The summed E-state index contributed by atoms with van der Waals surface area (Å²) in [5, 5.41) is 15.1. The summed E-state index contributed by atoms with van der Waals surface area (Å²) in [5.74, 6) is 0. The van der Waals surface area contributed by atoms with Crippen molar-refractivity contribution in [1.29, 1.82) is 0 Å². The van der Waals surface area contributed by atoms with Gasteiger partial charge in [0.05, 0.1) is 0 Å². The van der Waals surface area contributed by atoms with Crippen molar-refractivity contribution in [1.82, 2.24) is 0 Å². The standard InChI is InChI=1S/C76H54/c1-76(2,3)61-25-17-24-60(46-61)75-68-32-13-11-30-66(68)74(67-31-12-14-33-69(67)75)59-23-16-21-55(45-59)57-43-39-52-37-36-51-38-42-56(47-70(51)71(52)48-57)50-34-40-53(41-35-50)72-62-26-7-9-28-64(62)73(65-29-10-8-27-63(65)72)58-22-15-20-54(44-58)49-18-5-4-6-19-49/h4-48H,1-3H3. The highest BCUT2D eigenvalue weighted by molar-refractivity contribution is 6.23. The zero-order valence-electron chi connectivity index (χ0n) is 43.0. The predicted molar refractivity (Wildman–Crippen MR) is 328 cm³/mol. The fraction of sp³-hybridized carbons (Fsp3) is 0.0526. The van der Waals surface area contributed by atoms with Gasteiger partial charge in [-0.15, -0.1) is 0 Å². The molecule has 14 aromatic rings. The molecule has 0 aromatic heterocycles. The molecule has 0 unspecified atom stereocenters. The molecular weight excluding hydrogens is 913 g/mol. The highest BCUT2D eigenvalue weighted by atomic mass is 14.2. The van der Waals surface area contributed by atoms with E-state index in [9.17, 15) is 0 Å². The van der Waals surface area contributed by atoms with Crippen LogP contribution in [0.1, 0.15) is 26.3 Å². The Bertz CT molecular complexity index is 4470. The Labute approximate surface area is 444 Å². The van der Waals surface area contributed by atoms with Crippen LogP contribution in [-0.2, 0) is 5.41 Å². The molecule has 0 fully saturated rings. The lowest BCUT2D eigenvalue weighted by Gasteiger charge is -2.22. The van der Waals surface area contributed by atoms with Crippen molar-refractivity contribution in [2.75, 3.05) is 0 Å². The SMILES string of the molecule is CC(C)(C)c1cccc(-c2c3ccccc3c(-c3cccc(-c4ccc5ccc6ccc(-c7ccc(-c8c9ccccc9c(-c9cccc(-c%10ccccc%10)c9)c9ccccc89)cc7)cc6c5c4)c3)c3ccccc23)c1. The van der Waals surface area contributed by atoms with Gasteiger partial charge in [0.15, 0.2) is 0 Å². The maximum absolute atomic E-state index is 2.41. The number of hydrogen-bond acceptors (Lipinski definition) is 0. The summed E-state index contributed by atoms with van der Waals surface area (Å²) in [4.78, 5) is 0. The van der Waals surface area contributed by atoms with Gasteiger partial charge >= 0.3 is 0 Å². The van der Waals surface area contributed by atoms with E-state index in [1.807, 2.05) is 0 Å². The molecule has 0 aliphatic carbocycles. The molecule has 0 saturated carbocycles. The van der Waals surface area contributed by atoms with Gasteiger partial charge in [0.1, 0.15) is 0 Å². The van der Waals surface area contributed by atoms with Crippen molar-refractivity contribution in [3.05, 3.63) is 279 Å². The fourth-order valence-electron chi connectivity index (χ4n) is 12.2. The Morgan fingerprint density at radius 3 is 0.895 bits per heavy atom. The summed E-state index contributed by atoms with van der Waals surface area (Å²) in [6.45, 7) is 6.89. The van der Waals surface area contributed by atoms with Crippen LogP contribution < -0.4 is 0 Å². The lowest BCUT2D eigenvalue weighted by Crippen LogP contribution is -2.10. The van der Waals surface area contributed by atoms with E-state index in [-0.39, 0.29) is 5.41 Å². The summed E-state index contributed by atoms with van der Waals surface area (Å²) in [6, 6.07) is 102. The molecule has 0 atom stereocenters. The Morgan fingerprint density at radius 2 is 0.461 bits per heavy atom. The molecule has 14 rings (SSSR count). The fourth-order valence-corrected chi connectivity index (χ4v) is 12.2. The van der Waals surface area contributed by atoms with E-state index in [0.717, 1.165) is 0 Å². The van der Waals surface area contributed by atoms with Gasteiger partial charge in [0.25, 0.3) is 0 Å². The quantitative estimate of drug-likeness (QED) is 0.110. The maximum atomic E-state index is 2.41. The van der Waals surface area contributed by atoms with Crippen LogP contribution in [0.2, 0.25) is 0 Å². The van der Waals surface area contributed by atoms with Crippen LogP contribution in [-0.4, -0.2) is 0 Å². The molecule has 0 aliphatic heterocycles. The molecule has 0 N–H and O–H groups in total. The number of benzene rings is 14. The Kier molecular flexibility index (Phi) is 10.9. The van der Waals surface area contributed by atoms with Crippen molar-refractivity contribution in [3.63, 3.8) is 0 Å². The van der Waals surface area contributed by atoms with Crippen molar-refractivity contribution in [3.8, 4) is 77.9 Å². The third-order valence-electron chi connectivity index (χ3n) is 16.0. The van der Waals surface area contributed by atoms with Crippen LogP contribution in [0.25, 0.3) is 143 Å². The van der Waals surface area contributed by atoms with Crippen LogP contribution in [0.5, 0.6) is 0 Å². The molecule has 0 heterocycles. The normalized spacial score (nSPS) is 11.9. The van der Waals surface area contributed by atoms with Gasteiger partial charge in [-0.1, -0.05) is 269 Å². The van der Waals surface area contributed by atoms with E-state index in [4.69, 9.17) is 0 Å². The second-order valence-corrected chi connectivity index (χ2v) is 21.6. The Hall–Kier alpha value is -9.36. The molecule has 0 amide bonds. The molecule has 0 radical (unpaired) electrons. The number of fused-ring (bicyclic) bond motifs is 7. The van der Waals surface area contributed by atoms with Crippen LogP contribution in [0.4, 0.5) is 0 Å². The first-order valence-electron chi connectivity index (χ1n) is 26.6. The molecular formula is C76H54. The maximum Gasteiger partial charge on any atom is -0.00262 e. The van der Waals surface area contributed by atoms with Gasteiger partial charge < -0.3 is 0 Å². The third-order valence-corrected chi connectivity index (χ3v) is 16.0. The van der Waals surface area contributed by atoms with Crippen LogP contribution >= 0.6 is 0 Å². The molecule has 0 heteroatoms. The van der Waals surface area contributed by atoms with Gasteiger partial charge in [-0.2, -0.15) is 0 Å². The minimum atomic E-state index is 0.0477. The lowest BCUT2D eigenvalue weighted by atomic mass is 9.82. The zero-order chi connectivity index (χ0) is 50.9. The summed E-state index contributed by atoms with van der Waals surface area (Å²) in [7, 11) is 0. The topological polar surface area (TPSA) is 0 Å². The van der Waals surface area contributed by atoms with E-state index >= 15 is 0 Å². The first-order chi connectivity index (χ1) is 37.3. The van der Waals surface area contributed by atoms with E-state index in [2.05, 4.69) is 294 Å². The summed E-state index contributed by atoms with van der Waals surface area (Å²) < 4.78 is 0. The third kappa shape index (κ3) is 7.76. The molecule has 0 bridgehead atoms. The average molecular weight is 967 g/mol. The van der Waals surface area contributed by atoms with Gasteiger partial charge in [-0.25, -0.2) is 0 Å². The molecule has 0 nitrogen and oxygen atoms in total. The van der Waals surface area contributed by atoms with Gasteiger partial charge in [-0.05, 0) is 178 Å². The van der Waals surface area contributed by atoms with E-state index < -0.39 is 0 Å². The van der Waals surface area contributed by atoms with Crippen molar-refractivity contribution < 1.29 is 0 Å². The first-order valence-corrected chi connectivity index (χ1v) is 26.6. The molecule has 0 aliphatic rings. The number of hydrogen-bond donors (Lipinski definition) is 0. The number of rotatable bonds is 7. The highest BCUT2D eigenvalue weighted by Gasteiger charge is 2.21. The smallest absolute Gasteiger partial charge is 0.00262 e. The summed E-state index contributed by atoms with van der Waals surface area (Å²) in [5.41, 5.74) is 18.6. The monoisotopic (exact) mass is 966 g/mol. The molecule has 14 aromatic carbocycles. The molecule has 358 valence electrons. The zero-order valence-corrected chi connectivity index (χ0v) is 43.0. The van der Waals surface area contributed by atoms with Crippen molar-refractivity contribution >= 4 is 64.6 Å². The van der Waals surface area contributed by atoms with E-state index in [1.54, 1.807) is 0 Å². The largest absolute Gasteiger partial charge is 0.0622 e. The second kappa shape index (κ2) is 18.2. The van der Waals surface area contributed by atoms with Crippen LogP contribution in [0, 0.1) is 0 Å². The minimum absolute atomic E-state index is 0.0477. The Morgan fingerprint density at radius 1 is 0.184 bits per heavy atom. The second-order valence-electron chi connectivity index (χ2n) is 21.6. The Balaban J connectivity index is 0.842. The predicted octanol–water partition coefficient (Wildman–Crippen LogP) is 21.6. The van der Waals surface area contributed by atoms with E-state index in [0.29, 0.717) is 0 Å². The van der Waals surface area contributed by atoms with Gasteiger partial charge in [0.2, 0.25) is 0 Å². The lowest BCUT2D eigenvalue weighted by molar-refractivity contribution is 0.590. The van der Waals surface area contributed by atoms with Crippen molar-refractivity contribution in [2.45, 2.75) is 26.2 Å². The summed E-state index contributed by atoms with van der Waals surface area (Å²) >= 11 is 0. The average Bonchev–Trinajstić information content (AvgIpc) is 3.56. The first kappa shape index (κ1) is 45.3. The summed E-state index contributed by atoms with van der Waals surface area (Å²) in [6.07, 6.45) is 0. The van der Waals surface area contributed by atoms with Gasteiger partial charge in [0, 0.05) is 0 Å². The molecule has 0 saturated heterocycles. The van der Waals surface area contributed by atoms with Crippen molar-refractivity contribution in [2.24, 2.45) is 0 Å². The van der Waals surface area contributed by atoms with Crippen LogP contribution in [0.15, 0.2) is 273 Å².